The lowest BCUT2D eigenvalue weighted by Crippen LogP contribution is -2.39. The highest BCUT2D eigenvalue weighted by Gasteiger charge is 2.33. The van der Waals surface area contributed by atoms with Crippen LogP contribution < -0.4 is 10.6 Å². The molecule has 4 aromatic rings. The van der Waals surface area contributed by atoms with Gasteiger partial charge in [-0.1, -0.05) is 48.0 Å². The summed E-state index contributed by atoms with van der Waals surface area (Å²) in [6.07, 6.45) is 0. The molecule has 28 heavy (non-hydrogen) atoms. The summed E-state index contributed by atoms with van der Waals surface area (Å²) in [5.41, 5.74) is 4.11. The third kappa shape index (κ3) is 2.61. The van der Waals surface area contributed by atoms with Gasteiger partial charge in [0.15, 0.2) is 0 Å². The Morgan fingerprint density at radius 1 is 1.07 bits per heavy atom. The number of para-hydroxylation sites is 2. The molecule has 0 fully saturated rings. The molecule has 2 aromatic heterocycles. The van der Waals surface area contributed by atoms with Crippen molar-refractivity contribution in [3.63, 3.8) is 0 Å². The standard InChI is InChI=1S/C21H16ClN5O/c1-12-17-18(15-11-13-7-5-6-10-16(13)23-19(15)22)24-21(28)25-20(17)27(26-12)14-8-3-2-4-9-14/h2-11,18H,1H3,(H2,24,25,28). The Morgan fingerprint density at radius 2 is 1.82 bits per heavy atom. The first kappa shape index (κ1) is 16.8. The number of anilines is 1. The van der Waals surface area contributed by atoms with Gasteiger partial charge < -0.3 is 5.32 Å². The Bertz CT molecular complexity index is 1220. The van der Waals surface area contributed by atoms with Crippen molar-refractivity contribution in [2.45, 2.75) is 13.0 Å². The second-order valence-corrected chi connectivity index (χ2v) is 7.05. The van der Waals surface area contributed by atoms with E-state index in [1.165, 1.54) is 0 Å². The molecule has 0 spiro atoms. The van der Waals surface area contributed by atoms with Crippen molar-refractivity contribution in [3.8, 4) is 5.69 Å². The average Bonchev–Trinajstić information content (AvgIpc) is 3.04. The smallest absolute Gasteiger partial charge is 0.321 e. The number of benzene rings is 2. The van der Waals surface area contributed by atoms with E-state index in [1.807, 2.05) is 67.6 Å². The van der Waals surface area contributed by atoms with E-state index >= 15 is 0 Å². The number of carbonyl (C=O) groups is 1. The number of urea groups is 1. The zero-order valence-electron chi connectivity index (χ0n) is 15.0. The van der Waals surface area contributed by atoms with Gasteiger partial charge in [-0.3, -0.25) is 5.32 Å². The Hall–Kier alpha value is -3.38. The van der Waals surface area contributed by atoms with Crippen LogP contribution in [0.15, 0.2) is 60.7 Å². The predicted molar refractivity (Wildman–Crippen MR) is 109 cm³/mol. The minimum absolute atomic E-state index is 0.307. The highest BCUT2D eigenvalue weighted by atomic mass is 35.5. The maximum atomic E-state index is 12.5. The maximum absolute atomic E-state index is 12.5. The average molecular weight is 390 g/mol. The van der Waals surface area contributed by atoms with E-state index in [4.69, 9.17) is 11.6 Å². The minimum atomic E-state index is -0.439. The zero-order chi connectivity index (χ0) is 19.3. The van der Waals surface area contributed by atoms with E-state index in [-0.39, 0.29) is 6.03 Å². The first-order valence-corrected chi connectivity index (χ1v) is 9.27. The number of fused-ring (bicyclic) bond motifs is 2. The lowest BCUT2D eigenvalue weighted by Gasteiger charge is -2.26. The molecule has 1 unspecified atom stereocenters. The zero-order valence-corrected chi connectivity index (χ0v) is 15.7. The number of amides is 2. The van der Waals surface area contributed by atoms with E-state index < -0.39 is 6.04 Å². The fourth-order valence-corrected chi connectivity index (χ4v) is 3.91. The van der Waals surface area contributed by atoms with E-state index in [0.717, 1.165) is 33.4 Å². The summed E-state index contributed by atoms with van der Waals surface area (Å²) in [6, 6.07) is 18.7. The molecule has 1 aliphatic heterocycles. The Morgan fingerprint density at radius 3 is 2.64 bits per heavy atom. The van der Waals surface area contributed by atoms with Gasteiger partial charge in [-0.25, -0.2) is 14.5 Å². The summed E-state index contributed by atoms with van der Waals surface area (Å²) in [6.45, 7) is 1.92. The van der Waals surface area contributed by atoms with Gasteiger partial charge in [0.25, 0.3) is 0 Å². The topological polar surface area (TPSA) is 71.8 Å². The van der Waals surface area contributed by atoms with Crippen LogP contribution in [0.4, 0.5) is 10.6 Å². The SMILES string of the molecule is Cc1nn(-c2ccccc2)c2c1C(c1cc3ccccc3nc1Cl)NC(=O)N2. The van der Waals surface area contributed by atoms with Crippen LogP contribution in [0.3, 0.4) is 0 Å². The number of nitrogens with zero attached hydrogens (tertiary/aromatic N) is 3. The molecule has 0 saturated heterocycles. The lowest BCUT2D eigenvalue weighted by atomic mass is 9.97. The first-order chi connectivity index (χ1) is 13.6. The molecule has 2 N–H and O–H groups in total. The molecule has 2 amide bonds. The summed E-state index contributed by atoms with van der Waals surface area (Å²) in [7, 11) is 0. The van der Waals surface area contributed by atoms with Crippen molar-refractivity contribution in [2.24, 2.45) is 0 Å². The first-order valence-electron chi connectivity index (χ1n) is 8.89. The van der Waals surface area contributed by atoms with E-state index in [9.17, 15) is 4.79 Å². The Labute approximate surface area is 166 Å². The normalized spacial score (nSPS) is 15.8. The van der Waals surface area contributed by atoms with Gasteiger partial charge >= 0.3 is 6.03 Å². The number of halogens is 1. The molecule has 0 saturated carbocycles. The van der Waals surface area contributed by atoms with Crippen LogP contribution in [0, 0.1) is 6.92 Å². The fraction of sp³-hybridized carbons (Fsp3) is 0.0952. The van der Waals surface area contributed by atoms with Gasteiger partial charge in [0.05, 0.1) is 22.9 Å². The van der Waals surface area contributed by atoms with Gasteiger partial charge in [0.2, 0.25) is 0 Å². The van der Waals surface area contributed by atoms with Crippen molar-refractivity contribution in [3.05, 3.63) is 82.6 Å². The van der Waals surface area contributed by atoms with Crippen molar-refractivity contribution in [1.29, 1.82) is 0 Å². The fourth-order valence-electron chi connectivity index (χ4n) is 3.65. The molecule has 0 bridgehead atoms. The highest BCUT2D eigenvalue weighted by molar-refractivity contribution is 6.30. The van der Waals surface area contributed by atoms with Crippen LogP contribution in [-0.4, -0.2) is 20.8 Å². The number of hydrogen-bond acceptors (Lipinski definition) is 3. The molecule has 5 rings (SSSR count). The van der Waals surface area contributed by atoms with Gasteiger partial charge in [0.1, 0.15) is 11.0 Å². The molecule has 138 valence electrons. The third-order valence-corrected chi connectivity index (χ3v) is 5.22. The van der Waals surface area contributed by atoms with E-state index in [0.29, 0.717) is 11.0 Å². The summed E-state index contributed by atoms with van der Waals surface area (Å²) in [5.74, 6) is 0.640. The molecule has 6 nitrogen and oxygen atoms in total. The van der Waals surface area contributed by atoms with Crippen LogP contribution in [0.25, 0.3) is 16.6 Å². The summed E-state index contributed by atoms with van der Waals surface area (Å²) in [5, 5.41) is 11.9. The summed E-state index contributed by atoms with van der Waals surface area (Å²) < 4.78 is 1.75. The molecule has 0 radical (unpaired) electrons. The van der Waals surface area contributed by atoms with Crippen LogP contribution >= 0.6 is 11.6 Å². The summed E-state index contributed by atoms with van der Waals surface area (Å²) in [4.78, 5) is 17.0. The molecule has 2 aromatic carbocycles. The minimum Gasteiger partial charge on any atom is -0.327 e. The summed E-state index contributed by atoms with van der Waals surface area (Å²) >= 11 is 6.52. The largest absolute Gasteiger partial charge is 0.327 e. The molecule has 0 aliphatic carbocycles. The van der Waals surface area contributed by atoms with Crippen molar-refractivity contribution in [2.75, 3.05) is 5.32 Å². The van der Waals surface area contributed by atoms with Crippen LogP contribution in [-0.2, 0) is 0 Å². The van der Waals surface area contributed by atoms with Crippen molar-refractivity contribution < 1.29 is 4.79 Å². The van der Waals surface area contributed by atoms with E-state index in [2.05, 4.69) is 20.7 Å². The highest BCUT2D eigenvalue weighted by Crippen LogP contribution is 2.38. The number of hydrogen-bond donors (Lipinski definition) is 2. The van der Waals surface area contributed by atoms with Crippen molar-refractivity contribution >= 4 is 34.4 Å². The Balaban J connectivity index is 1.71. The molecule has 3 heterocycles. The predicted octanol–water partition coefficient (Wildman–Crippen LogP) is 4.61. The number of aromatic nitrogens is 3. The Kier molecular flexibility index (Phi) is 3.80. The van der Waals surface area contributed by atoms with E-state index in [1.54, 1.807) is 4.68 Å². The number of rotatable bonds is 2. The molecule has 1 atom stereocenters. The number of pyridine rings is 1. The number of nitrogens with one attached hydrogen (secondary N) is 2. The van der Waals surface area contributed by atoms with Crippen LogP contribution in [0.5, 0.6) is 0 Å². The quantitative estimate of drug-likeness (QED) is 0.492. The number of aryl methyl sites for hydroxylation is 1. The van der Waals surface area contributed by atoms with Gasteiger partial charge in [-0.05, 0) is 31.2 Å². The van der Waals surface area contributed by atoms with Gasteiger partial charge in [-0.2, -0.15) is 5.10 Å². The third-order valence-electron chi connectivity index (χ3n) is 4.92. The molecule has 7 heteroatoms. The van der Waals surface area contributed by atoms with Crippen LogP contribution in [0.1, 0.15) is 22.9 Å². The van der Waals surface area contributed by atoms with Gasteiger partial charge in [-0.15, -0.1) is 0 Å². The lowest BCUT2D eigenvalue weighted by molar-refractivity contribution is 0.249. The maximum Gasteiger partial charge on any atom is 0.321 e. The monoisotopic (exact) mass is 389 g/mol. The second kappa shape index (κ2) is 6.35. The molecular weight excluding hydrogens is 374 g/mol. The van der Waals surface area contributed by atoms with Gasteiger partial charge in [0, 0.05) is 16.5 Å². The van der Waals surface area contributed by atoms with Crippen molar-refractivity contribution in [1.82, 2.24) is 20.1 Å². The molecule has 1 aliphatic rings. The van der Waals surface area contributed by atoms with Crippen LogP contribution in [0.2, 0.25) is 5.15 Å². The second-order valence-electron chi connectivity index (χ2n) is 6.69. The number of carbonyl (C=O) groups excluding carboxylic acids is 1. The molecular formula is C21H16ClN5O.